The van der Waals surface area contributed by atoms with Gasteiger partial charge in [-0.25, -0.2) is 14.4 Å². The average molecular weight is 563 g/mol. The lowest BCUT2D eigenvalue weighted by Crippen LogP contribution is -2.42. The van der Waals surface area contributed by atoms with E-state index in [2.05, 4.69) is 39.5 Å². The van der Waals surface area contributed by atoms with Gasteiger partial charge in [-0.3, -0.25) is 14.1 Å². The number of carbonyl (C=O) groups is 1. The van der Waals surface area contributed by atoms with E-state index in [9.17, 15) is 14.3 Å². The molecule has 10 heteroatoms. The van der Waals surface area contributed by atoms with Crippen molar-refractivity contribution < 1.29 is 14.3 Å². The lowest BCUT2D eigenvalue weighted by Gasteiger charge is -2.32. The fourth-order valence-corrected chi connectivity index (χ4v) is 6.68. The third kappa shape index (κ3) is 5.35. The second kappa shape index (κ2) is 11.3. The number of β-amino-alcohol motifs (C(OH)–C–C–N with tert-alkyl or cyclic N) is 1. The zero-order chi connectivity index (χ0) is 27.8. The molecule has 1 atom stereocenters. The minimum Gasteiger partial charge on any atom is -0.391 e. The van der Waals surface area contributed by atoms with Gasteiger partial charge in [-0.05, 0) is 80.6 Å². The van der Waals surface area contributed by atoms with Crippen LogP contribution in [0.2, 0.25) is 0 Å². The van der Waals surface area contributed by atoms with Gasteiger partial charge in [-0.15, -0.1) is 11.3 Å². The van der Waals surface area contributed by atoms with Gasteiger partial charge in [0.2, 0.25) is 5.91 Å². The first-order valence-electron chi connectivity index (χ1n) is 14.0. The molecule has 0 aliphatic carbocycles. The Balaban J connectivity index is 1.19. The smallest absolute Gasteiger partial charge is 0.236 e. The molecule has 0 spiro atoms. The van der Waals surface area contributed by atoms with Crippen molar-refractivity contribution >= 4 is 33.8 Å². The van der Waals surface area contributed by atoms with Gasteiger partial charge in [0.25, 0.3) is 0 Å². The van der Waals surface area contributed by atoms with E-state index in [1.54, 1.807) is 28.4 Å². The number of aromatic nitrogens is 3. The maximum atomic E-state index is 13.4. The Bertz CT molecular complexity index is 1490. The molecule has 0 radical (unpaired) electrons. The summed E-state index contributed by atoms with van der Waals surface area (Å²) in [4.78, 5) is 28.5. The highest BCUT2D eigenvalue weighted by Gasteiger charge is 2.28. The zero-order valence-corrected chi connectivity index (χ0v) is 23.8. The lowest BCUT2D eigenvalue weighted by molar-refractivity contribution is -0.132. The second-order valence-electron chi connectivity index (χ2n) is 10.8. The molecule has 1 aromatic carbocycles. The summed E-state index contributed by atoms with van der Waals surface area (Å²) in [5.41, 5.74) is 4.92. The minimum atomic E-state index is -0.377. The van der Waals surface area contributed by atoms with Gasteiger partial charge < -0.3 is 14.9 Å². The number of aliphatic hydroxyl groups excluding tert-OH is 1. The molecular weight excluding hydrogens is 527 g/mol. The number of piperidine rings is 1. The van der Waals surface area contributed by atoms with E-state index in [4.69, 9.17) is 9.97 Å². The fourth-order valence-electron chi connectivity index (χ4n) is 5.88. The maximum Gasteiger partial charge on any atom is 0.236 e. The Morgan fingerprint density at radius 3 is 2.58 bits per heavy atom. The molecular formula is C30H35FN6O2S. The van der Waals surface area contributed by atoms with E-state index in [-0.39, 0.29) is 17.8 Å². The van der Waals surface area contributed by atoms with Crippen molar-refractivity contribution in [2.45, 2.75) is 44.6 Å². The molecule has 1 N–H and O–H groups in total. The number of hydrogen-bond donors (Lipinski definition) is 1. The van der Waals surface area contributed by atoms with E-state index in [1.807, 2.05) is 12.4 Å². The number of rotatable bonds is 7. The summed E-state index contributed by atoms with van der Waals surface area (Å²) in [5, 5.41) is 12.6. The topological polar surface area (TPSA) is 77.2 Å². The Hall–Kier alpha value is -3.34. The minimum absolute atomic E-state index is 0.124. The summed E-state index contributed by atoms with van der Waals surface area (Å²) in [6.45, 7) is 5.44. The first kappa shape index (κ1) is 26.9. The molecule has 6 rings (SSSR count). The highest BCUT2D eigenvalue weighted by atomic mass is 32.1. The number of likely N-dealkylation sites (tertiary alicyclic amines) is 2. The van der Waals surface area contributed by atoms with Crippen LogP contribution in [0.1, 0.15) is 43.4 Å². The quantitative estimate of drug-likeness (QED) is 0.352. The van der Waals surface area contributed by atoms with Crippen molar-refractivity contribution in [1.82, 2.24) is 24.2 Å². The van der Waals surface area contributed by atoms with Crippen molar-refractivity contribution in [3.05, 3.63) is 65.0 Å². The van der Waals surface area contributed by atoms with Crippen molar-refractivity contribution in [3.63, 3.8) is 0 Å². The Morgan fingerprint density at radius 1 is 1.10 bits per heavy atom. The van der Waals surface area contributed by atoms with E-state index in [1.165, 1.54) is 17.7 Å². The number of halogens is 1. The van der Waals surface area contributed by atoms with E-state index in [0.29, 0.717) is 32.0 Å². The Morgan fingerprint density at radius 2 is 1.88 bits per heavy atom. The molecule has 210 valence electrons. The number of pyridine rings is 1. The summed E-state index contributed by atoms with van der Waals surface area (Å²) in [7, 11) is 2.03. The second-order valence-corrected chi connectivity index (χ2v) is 11.7. The lowest BCUT2D eigenvalue weighted by atomic mass is 9.90. The molecule has 0 bridgehead atoms. The van der Waals surface area contributed by atoms with Crippen LogP contribution in [-0.2, 0) is 11.2 Å². The van der Waals surface area contributed by atoms with Crippen LogP contribution in [0.15, 0.2) is 48.0 Å². The third-order valence-electron chi connectivity index (χ3n) is 8.19. The molecule has 0 saturated carbocycles. The third-order valence-corrected chi connectivity index (χ3v) is 9.11. The fraction of sp³-hybridized carbons (Fsp3) is 0.433. The van der Waals surface area contributed by atoms with Crippen molar-refractivity contribution in [1.29, 1.82) is 0 Å². The normalized spacial score (nSPS) is 18.6. The molecule has 2 aliphatic heterocycles. The zero-order valence-electron chi connectivity index (χ0n) is 23.0. The van der Waals surface area contributed by atoms with Gasteiger partial charge in [0.1, 0.15) is 17.3 Å². The SMILES string of the molecule is CCc1nc2ccc(C3CCN(CC(=O)N4CCC(O)C4)CC3)cn2c1N(C)c1nc(-c2ccc(F)cc2)cs1. The molecule has 40 heavy (non-hydrogen) atoms. The Labute approximate surface area is 237 Å². The largest absolute Gasteiger partial charge is 0.391 e. The van der Waals surface area contributed by atoms with Gasteiger partial charge in [0.15, 0.2) is 5.13 Å². The molecule has 3 aromatic heterocycles. The van der Waals surface area contributed by atoms with Crippen molar-refractivity contribution in [3.8, 4) is 11.3 Å². The van der Waals surface area contributed by atoms with Gasteiger partial charge in [0, 0.05) is 37.3 Å². The Kier molecular flexibility index (Phi) is 7.57. The summed E-state index contributed by atoms with van der Waals surface area (Å²) in [5.74, 6) is 1.29. The van der Waals surface area contributed by atoms with E-state index in [0.717, 1.165) is 65.9 Å². The number of benzene rings is 1. The van der Waals surface area contributed by atoms with Crippen LogP contribution >= 0.6 is 11.3 Å². The number of carbonyl (C=O) groups excluding carboxylic acids is 1. The van der Waals surface area contributed by atoms with Gasteiger partial charge in [0.05, 0.1) is 24.0 Å². The summed E-state index contributed by atoms with van der Waals surface area (Å²) in [6.07, 6.45) is 5.31. The number of hydrogen-bond acceptors (Lipinski definition) is 7. The van der Waals surface area contributed by atoms with Gasteiger partial charge in [-0.2, -0.15) is 0 Å². The van der Waals surface area contributed by atoms with Crippen LogP contribution in [0.5, 0.6) is 0 Å². The monoisotopic (exact) mass is 562 g/mol. The molecule has 8 nitrogen and oxygen atoms in total. The first-order valence-corrected chi connectivity index (χ1v) is 14.9. The highest BCUT2D eigenvalue weighted by Crippen LogP contribution is 2.35. The number of amides is 1. The van der Waals surface area contributed by atoms with Gasteiger partial charge in [-0.1, -0.05) is 13.0 Å². The first-order chi connectivity index (χ1) is 19.4. The van der Waals surface area contributed by atoms with E-state index < -0.39 is 0 Å². The summed E-state index contributed by atoms with van der Waals surface area (Å²) >= 11 is 1.56. The molecule has 2 fully saturated rings. The number of aliphatic hydroxyl groups is 1. The highest BCUT2D eigenvalue weighted by molar-refractivity contribution is 7.14. The standard InChI is InChI=1S/C30H35FN6O2S/c1-3-25-29(34(2)30-33-26(19-40-30)21-4-7-23(31)8-5-21)37-16-22(6-9-27(37)32-25)20-10-13-35(14-11-20)18-28(39)36-15-12-24(38)17-36/h4-9,16,19-20,24,38H,3,10-15,17-18H2,1-2H3. The molecule has 1 amide bonds. The number of fused-ring (bicyclic) bond motifs is 1. The van der Waals surface area contributed by atoms with Gasteiger partial charge >= 0.3 is 0 Å². The van der Waals surface area contributed by atoms with Crippen molar-refractivity contribution in [2.24, 2.45) is 0 Å². The van der Waals surface area contributed by atoms with Crippen LogP contribution in [0, 0.1) is 5.82 Å². The van der Waals surface area contributed by atoms with Crippen LogP contribution in [0.4, 0.5) is 15.3 Å². The van der Waals surface area contributed by atoms with E-state index >= 15 is 0 Å². The predicted molar refractivity (Wildman–Crippen MR) is 156 cm³/mol. The molecule has 2 aliphatic rings. The number of anilines is 2. The number of thiazole rings is 1. The van der Waals surface area contributed by atoms with Crippen LogP contribution < -0.4 is 4.90 Å². The molecule has 5 heterocycles. The average Bonchev–Trinajstić information content (AvgIpc) is 3.71. The molecule has 4 aromatic rings. The van der Waals surface area contributed by atoms with Crippen LogP contribution in [-0.4, -0.2) is 81.1 Å². The number of aryl methyl sites for hydroxylation is 1. The van der Waals surface area contributed by atoms with Crippen LogP contribution in [0.3, 0.4) is 0 Å². The van der Waals surface area contributed by atoms with Crippen LogP contribution in [0.25, 0.3) is 16.9 Å². The summed E-state index contributed by atoms with van der Waals surface area (Å²) in [6, 6.07) is 10.7. The number of imidazole rings is 1. The predicted octanol–water partition coefficient (Wildman–Crippen LogP) is 4.70. The molecule has 2 saturated heterocycles. The van der Waals surface area contributed by atoms with Crippen molar-refractivity contribution in [2.75, 3.05) is 44.7 Å². The number of nitrogens with zero attached hydrogens (tertiary/aromatic N) is 6. The summed E-state index contributed by atoms with van der Waals surface area (Å²) < 4.78 is 15.6. The maximum absolute atomic E-state index is 13.4. The molecule has 1 unspecified atom stereocenters.